The van der Waals surface area contributed by atoms with Crippen molar-refractivity contribution in [3.63, 3.8) is 0 Å². The van der Waals surface area contributed by atoms with E-state index in [1.807, 2.05) is 0 Å². The maximum atomic E-state index is 11.0. The van der Waals surface area contributed by atoms with Crippen molar-refractivity contribution in [3.8, 4) is 0 Å². The van der Waals surface area contributed by atoms with Crippen LogP contribution in [-0.4, -0.2) is 70.0 Å². The van der Waals surface area contributed by atoms with Crippen LogP contribution in [0.2, 0.25) is 0 Å². The number of hydrogen-bond acceptors (Lipinski definition) is 9. The van der Waals surface area contributed by atoms with Gasteiger partial charge < -0.3 is 39.8 Å². The van der Waals surface area contributed by atoms with Gasteiger partial charge in [0.05, 0.1) is 23.5 Å². The van der Waals surface area contributed by atoms with Gasteiger partial charge in [0.25, 0.3) is 0 Å². The summed E-state index contributed by atoms with van der Waals surface area (Å²) in [5, 5.41) is 42.0. The minimum Gasteiger partial charge on any atom is -0.661 e. The summed E-state index contributed by atoms with van der Waals surface area (Å²) in [4.78, 5) is 46.0. The topological polar surface area (TPSA) is 170 Å². The fourth-order valence-electron chi connectivity index (χ4n) is 1.32. The summed E-state index contributed by atoms with van der Waals surface area (Å²) in [6.07, 6.45) is 0. The predicted octanol–water partition coefficient (Wildman–Crippen LogP) is -5.55. The van der Waals surface area contributed by atoms with E-state index in [0.717, 1.165) is 0 Å². The molecule has 0 radical (unpaired) electrons. The molecule has 0 aliphatic carbocycles. The smallest absolute Gasteiger partial charge is 0.661 e. The minimum atomic E-state index is -2.01. The maximum absolute atomic E-state index is 11.0. The van der Waals surface area contributed by atoms with Crippen molar-refractivity contribution >= 4 is 70.0 Å². The number of rotatable bonds is 4. The zero-order valence-electron chi connectivity index (χ0n) is 10.2. The Bertz CT molecular complexity index is 596. The van der Waals surface area contributed by atoms with Crippen molar-refractivity contribution in [3.05, 3.63) is 34.4 Å². The Hall–Kier alpha value is -1.41. The van der Waals surface area contributed by atoms with Gasteiger partial charge in [-0.25, -0.2) is 4.79 Å². The Morgan fingerprint density at radius 2 is 1.00 bits per heavy atom. The Kier molecular flexibility index (Phi) is 9.15. The molecule has 0 spiro atoms. The average molecular weight is 315 g/mol. The molecule has 0 amide bonds. The van der Waals surface area contributed by atoms with Crippen LogP contribution in [0.3, 0.4) is 0 Å². The molecule has 1 aromatic rings. The van der Waals surface area contributed by atoms with E-state index < -0.39 is 46.1 Å². The molecule has 100 valence electrons. The number of carbonyl (C=O) groups excluding carboxylic acids is 4. The first-order valence-corrected chi connectivity index (χ1v) is 4.45. The van der Waals surface area contributed by atoms with Gasteiger partial charge in [-0.2, -0.15) is 0 Å². The van der Waals surface area contributed by atoms with Crippen LogP contribution in [-0.2, 0) is 4.89 Å². The first-order chi connectivity index (χ1) is 8.79. The third-order valence-electron chi connectivity index (χ3n) is 2.11. The summed E-state index contributed by atoms with van der Waals surface area (Å²) < 4.78 is 0. The van der Waals surface area contributed by atoms with Gasteiger partial charge in [0, 0.05) is 16.7 Å². The molecular formula is C10H2Mg2O9. The molecule has 0 N–H and O–H groups in total. The number of carboxylic acid groups (broad SMARTS) is 3. The molecule has 0 aliphatic rings. The van der Waals surface area contributed by atoms with E-state index >= 15 is 0 Å². The van der Waals surface area contributed by atoms with E-state index in [2.05, 4.69) is 4.89 Å². The van der Waals surface area contributed by atoms with E-state index in [4.69, 9.17) is 0 Å². The Morgan fingerprint density at radius 1 is 0.714 bits per heavy atom. The third kappa shape index (κ3) is 4.82. The molecule has 0 bridgehead atoms. The summed E-state index contributed by atoms with van der Waals surface area (Å²) in [6, 6.07) is 0.633. The molecule has 0 saturated carbocycles. The average Bonchev–Trinajstić information content (AvgIpc) is 2.35. The molecule has 0 saturated heterocycles. The van der Waals surface area contributed by atoms with Crippen LogP contribution < -0.4 is 20.6 Å². The number of carbonyl (C=O) groups is 4. The van der Waals surface area contributed by atoms with Crippen LogP contribution in [0.1, 0.15) is 41.4 Å². The van der Waals surface area contributed by atoms with Gasteiger partial charge in [0.2, 0.25) is 0 Å². The molecule has 0 aliphatic heterocycles. The van der Waals surface area contributed by atoms with E-state index in [1.54, 1.807) is 0 Å². The molecule has 0 atom stereocenters. The number of benzene rings is 1. The fraction of sp³-hybridized carbons (Fsp3) is 0. The van der Waals surface area contributed by atoms with Gasteiger partial charge in [-0.15, -0.1) is 0 Å². The second kappa shape index (κ2) is 8.79. The van der Waals surface area contributed by atoms with Crippen molar-refractivity contribution in [2.75, 3.05) is 0 Å². The Balaban J connectivity index is 0. The molecule has 0 aromatic heterocycles. The third-order valence-corrected chi connectivity index (χ3v) is 2.11. The van der Waals surface area contributed by atoms with E-state index in [-0.39, 0.29) is 46.1 Å². The predicted molar refractivity (Wildman–Crippen MR) is 56.4 cm³/mol. The SMILES string of the molecule is O=C([O-])c1cc(C(=O)[O-])c(C(=O)O[O-])cc1C(=O)[O-].[Mg+2].[Mg+2]. The quantitative estimate of drug-likeness (QED) is 0.298. The van der Waals surface area contributed by atoms with Crippen LogP contribution in [0.4, 0.5) is 0 Å². The zero-order chi connectivity index (χ0) is 14.7. The van der Waals surface area contributed by atoms with E-state index in [9.17, 15) is 39.8 Å². The Labute approximate surface area is 148 Å². The van der Waals surface area contributed by atoms with Gasteiger partial charge in [-0.05, 0) is 12.1 Å². The first-order valence-electron chi connectivity index (χ1n) is 4.45. The molecule has 0 heterocycles. The molecular weight excluding hydrogens is 313 g/mol. The minimum absolute atomic E-state index is 0. The van der Waals surface area contributed by atoms with Crippen molar-refractivity contribution in [1.82, 2.24) is 0 Å². The van der Waals surface area contributed by atoms with Crippen molar-refractivity contribution in [2.24, 2.45) is 0 Å². The summed E-state index contributed by atoms with van der Waals surface area (Å²) in [6.45, 7) is 0. The standard InChI is InChI=1S/C10H6O9.2Mg/c11-7(12)3-1-5(9(15)16)6(10(17)19-18)2-4(3)8(13)14;;/h1-2,18H,(H,11,12)(H,13,14)(H,15,16);;/q;2*+2/p-4. The van der Waals surface area contributed by atoms with Gasteiger partial charge in [-0.1, -0.05) is 0 Å². The molecule has 0 fully saturated rings. The number of hydrogen-bond donors (Lipinski definition) is 0. The van der Waals surface area contributed by atoms with Gasteiger partial charge >= 0.3 is 52.1 Å². The van der Waals surface area contributed by atoms with Crippen LogP contribution in [0.25, 0.3) is 0 Å². The first kappa shape index (κ1) is 21.9. The molecule has 11 heteroatoms. The fourth-order valence-corrected chi connectivity index (χ4v) is 1.32. The summed E-state index contributed by atoms with van der Waals surface area (Å²) >= 11 is 0. The van der Waals surface area contributed by atoms with E-state index in [1.165, 1.54) is 0 Å². The largest absolute Gasteiger partial charge is 2.00 e. The monoisotopic (exact) mass is 314 g/mol. The molecule has 0 unspecified atom stereocenters. The Morgan fingerprint density at radius 3 is 1.29 bits per heavy atom. The molecule has 21 heavy (non-hydrogen) atoms. The second-order valence-corrected chi connectivity index (χ2v) is 3.18. The van der Waals surface area contributed by atoms with E-state index in [0.29, 0.717) is 12.1 Å². The van der Waals surface area contributed by atoms with Crippen LogP contribution in [0.15, 0.2) is 12.1 Å². The normalized spacial score (nSPS) is 8.81. The van der Waals surface area contributed by atoms with Crippen molar-refractivity contribution in [2.45, 2.75) is 0 Å². The molecule has 9 nitrogen and oxygen atoms in total. The number of aromatic carboxylic acids is 3. The van der Waals surface area contributed by atoms with Crippen molar-refractivity contribution < 1.29 is 44.6 Å². The van der Waals surface area contributed by atoms with Gasteiger partial charge in [-0.3, -0.25) is 0 Å². The van der Waals surface area contributed by atoms with Gasteiger partial charge in [0.1, 0.15) is 0 Å². The van der Waals surface area contributed by atoms with Crippen LogP contribution >= 0.6 is 0 Å². The van der Waals surface area contributed by atoms with Crippen molar-refractivity contribution in [1.29, 1.82) is 0 Å². The summed E-state index contributed by atoms with van der Waals surface area (Å²) in [5.41, 5.74) is -4.07. The summed E-state index contributed by atoms with van der Waals surface area (Å²) in [5.74, 6) is -7.74. The summed E-state index contributed by atoms with van der Waals surface area (Å²) in [7, 11) is 0. The molecule has 1 rings (SSSR count). The molecule has 1 aromatic carbocycles. The van der Waals surface area contributed by atoms with Crippen LogP contribution in [0, 0.1) is 0 Å². The second-order valence-electron chi connectivity index (χ2n) is 3.18. The van der Waals surface area contributed by atoms with Crippen LogP contribution in [0.5, 0.6) is 0 Å². The number of carboxylic acids is 3. The zero-order valence-corrected chi connectivity index (χ0v) is 13.1. The van der Waals surface area contributed by atoms with Gasteiger partial charge in [0.15, 0.2) is 0 Å². The maximum Gasteiger partial charge on any atom is 2.00 e.